The highest BCUT2D eigenvalue weighted by Gasteiger charge is 2.25. The molecule has 0 heterocycles. The van der Waals surface area contributed by atoms with Gasteiger partial charge in [-0.3, -0.25) is 13.8 Å². The summed E-state index contributed by atoms with van der Waals surface area (Å²) in [6.07, 6.45) is 65.8. The zero-order chi connectivity index (χ0) is 47.3. The number of carbonyl (C=O) groups is 1. The Bertz CT molecular complexity index is 1140. The minimum atomic E-state index is -4.29. The summed E-state index contributed by atoms with van der Waals surface area (Å²) in [5.74, 6) is -0.326. The van der Waals surface area contributed by atoms with Crippen molar-refractivity contribution in [2.75, 3.05) is 33.0 Å². The van der Waals surface area contributed by atoms with Crippen LogP contribution in [0.25, 0.3) is 0 Å². The van der Waals surface area contributed by atoms with Gasteiger partial charge in [0.2, 0.25) is 0 Å². The Labute approximate surface area is 402 Å². The number of hydrogen-bond donors (Lipinski definition) is 2. The number of allylic oxidation sites excluding steroid dienone is 8. The second-order valence-corrected chi connectivity index (χ2v) is 19.9. The van der Waals surface area contributed by atoms with Crippen LogP contribution in [0.15, 0.2) is 48.6 Å². The molecule has 2 atom stereocenters. The van der Waals surface area contributed by atoms with Crippen LogP contribution in [-0.2, 0) is 27.9 Å². The quantitative estimate of drug-likeness (QED) is 0.0268. The van der Waals surface area contributed by atoms with Crippen molar-refractivity contribution in [3.8, 4) is 0 Å². The SMILES string of the molecule is CC/C=C\C/C=C\C/C=C\C/C=C\CCCCCCCCCCCCCOCC(COP(=O)(O)OCCN)OC(=O)CCCCCCCCCCCCCCCCCCCCCCCC. The van der Waals surface area contributed by atoms with E-state index in [1.54, 1.807) is 0 Å². The average molecular weight is 936 g/mol. The molecule has 0 bridgehead atoms. The van der Waals surface area contributed by atoms with Crippen LogP contribution in [0, 0.1) is 0 Å². The van der Waals surface area contributed by atoms with Gasteiger partial charge in [0.1, 0.15) is 6.10 Å². The van der Waals surface area contributed by atoms with Crippen molar-refractivity contribution in [2.45, 2.75) is 270 Å². The molecule has 0 aliphatic rings. The van der Waals surface area contributed by atoms with Gasteiger partial charge >= 0.3 is 13.8 Å². The molecule has 9 heteroatoms. The highest BCUT2D eigenvalue weighted by Crippen LogP contribution is 2.43. The summed E-state index contributed by atoms with van der Waals surface area (Å²) >= 11 is 0. The molecule has 0 spiro atoms. The van der Waals surface area contributed by atoms with Gasteiger partial charge in [0, 0.05) is 19.6 Å². The van der Waals surface area contributed by atoms with Crippen molar-refractivity contribution < 1.29 is 32.8 Å². The smallest absolute Gasteiger partial charge is 0.457 e. The molecule has 0 aliphatic carbocycles. The maximum atomic E-state index is 12.7. The fourth-order valence-electron chi connectivity index (χ4n) is 7.99. The highest BCUT2D eigenvalue weighted by atomic mass is 31.2. The summed E-state index contributed by atoms with van der Waals surface area (Å²) in [5, 5.41) is 0. The Morgan fingerprint density at radius 1 is 0.477 bits per heavy atom. The molecule has 0 aromatic carbocycles. The standard InChI is InChI=1S/C56H106NO7P/c1-3-5-7-9-11-13-15-17-19-21-23-25-27-28-30-32-34-36-38-40-42-44-46-48-51-61-53-55(54-63-65(59,60)62-52-50-57)64-56(58)49-47-45-43-41-39-37-35-33-31-29-26-24-22-20-18-16-14-12-10-8-6-4-2/h5,7,11,13,17,19,23,25,55H,3-4,6,8-10,12,14-16,18,20-22,24,26-54,57H2,1-2H3,(H,59,60)/b7-5-,13-11-,19-17-,25-23-. The van der Waals surface area contributed by atoms with Gasteiger partial charge in [-0.15, -0.1) is 0 Å². The Morgan fingerprint density at radius 3 is 1.29 bits per heavy atom. The third kappa shape index (κ3) is 53.3. The van der Waals surface area contributed by atoms with E-state index < -0.39 is 13.9 Å². The predicted molar refractivity (Wildman–Crippen MR) is 279 cm³/mol. The molecule has 0 aliphatic heterocycles. The van der Waals surface area contributed by atoms with E-state index in [9.17, 15) is 14.3 Å². The van der Waals surface area contributed by atoms with Gasteiger partial charge in [0.15, 0.2) is 0 Å². The van der Waals surface area contributed by atoms with Crippen LogP contribution in [0.4, 0.5) is 0 Å². The van der Waals surface area contributed by atoms with E-state index in [1.807, 2.05) is 0 Å². The van der Waals surface area contributed by atoms with Gasteiger partial charge in [-0.2, -0.15) is 0 Å². The largest absolute Gasteiger partial charge is 0.472 e. The van der Waals surface area contributed by atoms with E-state index >= 15 is 0 Å². The zero-order valence-electron chi connectivity index (χ0n) is 42.7. The van der Waals surface area contributed by atoms with Gasteiger partial charge in [-0.05, 0) is 51.4 Å². The van der Waals surface area contributed by atoms with Crippen LogP contribution < -0.4 is 5.73 Å². The number of rotatable bonds is 53. The van der Waals surface area contributed by atoms with Gasteiger partial charge in [0.25, 0.3) is 0 Å². The molecule has 0 aromatic rings. The Hall–Kier alpha value is -1.54. The van der Waals surface area contributed by atoms with Crippen molar-refractivity contribution >= 4 is 13.8 Å². The number of hydrogen-bond acceptors (Lipinski definition) is 7. The first-order valence-corrected chi connectivity index (χ1v) is 29.1. The van der Waals surface area contributed by atoms with Crippen molar-refractivity contribution in [1.29, 1.82) is 0 Å². The van der Waals surface area contributed by atoms with Crippen molar-refractivity contribution in [1.82, 2.24) is 0 Å². The van der Waals surface area contributed by atoms with Crippen LogP contribution >= 0.6 is 7.82 Å². The number of ether oxygens (including phenoxy) is 2. The van der Waals surface area contributed by atoms with E-state index in [0.717, 1.165) is 57.8 Å². The summed E-state index contributed by atoms with van der Waals surface area (Å²) in [4.78, 5) is 22.6. The lowest BCUT2D eigenvalue weighted by Gasteiger charge is -2.20. The molecule has 8 nitrogen and oxygen atoms in total. The lowest BCUT2D eigenvalue weighted by molar-refractivity contribution is -0.154. The summed E-state index contributed by atoms with van der Waals surface area (Å²) in [5.41, 5.74) is 5.40. The summed E-state index contributed by atoms with van der Waals surface area (Å²) in [6, 6.07) is 0. The van der Waals surface area contributed by atoms with Crippen LogP contribution in [0.1, 0.15) is 264 Å². The monoisotopic (exact) mass is 936 g/mol. The molecule has 0 amide bonds. The summed E-state index contributed by atoms with van der Waals surface area (Å²) in [7, 11) is -4.29. The second kappa shape index (κ2) is 53.4. The predicted octanol–water partition coefficient (Wildman–Crippen LogP) is 17.5. The normalized spacial score (nSPS) is 13.6. The average Bonchev–Trinajstić information content (AvgIpc) is 3.30. The molecule has 65 heavy (non-hydrogen) atoms. The van der Waals surface area contributed by atoms with Crippen LogP contribution in [0.2, 0.25) is 0 Å². The number of phosphoric ester groups is 1. The molecule has 0 saturated heterocycles. The van der Waals surface area contributed by atoms with E-state index in [-0.39, 0.29) is 32.3 Å². The molecule has 382 valence electrons. The van der Waals surface area contributed by atoms with Crippen LogP contribution in [0.5, 0.6) is 0 Å². The number of nitrogens with two attached hydrogens (primary N) is 1. The first-order valence-electron chi connectivity index (χ1n) is 27.6. The first-order chi connectivity index (χ1) is 31.9. The maximum absolute atomic E-state index is 12.7. The minimum absolute atomic E-state index is 0.0952. The van der Waals surface area contributed by atoms with Crippen LogP contribution in [0.3, 0.4) is 0 Å². The summed E-state index contributed by atoms with van der Waals surface area (Å²) < 4.78 is 33.7. The molecule has 0 radical (unpaired) electrons. The van der Waals surface area contributed by atoms with Gasteiger partial charge in [-0.25, -0.2) is 4.57 Å². The van der Waals surface area contributed by atoms with Crippen LogP contribution in [-0.4, -0.2) is 49.9 Å². The van der Waals surface area contributed by atoms with Gasteiger partial charge in [-0.1, -0.05) is 255 Å². The lowest BCUT2D eigenvalue weighted by atomic mass is 10.0. The van der Waals surface area contributed by atoms with Crippen molar-refractivity contribution in [3.05, 3.63) is 48.6 Å². The number of carbonyl (C=O) groups excluding carboxylic acids is 1. The third-order valence-electron chi connectivity index (χ3n) is 12.0. The number of unbranched alkanes of at least 4 members (excludes halogenated alkanes) is 32. The molecule has 0 rings (SSSR count). The summed E-state index contributed by atoms with van der Waals surface area (Å²) in [6.45, 7) is 4.85. The molecule has 0 saturated carbocycles. The number of phosphoric acid groups is 1. The fourth-order valence-corrected chi connectivity index (χ4v) is 8.76. The lowest BCUT2D eigenvalue weighted by Crippen LogP contribution is -2.28. The highest BCUT2D eigenvalue weighted by molar-refractivity contribution is 7.47. The third-order valence-corrected chi connectivity index (χ3v) is 13.0. The van der Waals surface area contributed by atoms with E-state index in [4.69, 9.17) is 24.3 Å². The molecular formula is C56H106NO7P. The zero-order valence-corrected chi connectivity index (χ0v) is 43.6. The topological polar surface area (TPSA) is 117 Å². The maximum Gasteiger partial charge on any atom is 0.472 e. The molecule has 2 unspecified atom stereocenters. The molecule has 0 fully saturated rings. The number of esters is 1. The first kappa shape index (κ1) is 63.5. The molecule has 3 N–H and O–H groups in total. The second-order valence-electron chi connectivity index (χ2n) is 18.4. The van der Waals surface area contributed by atoms with Gasteiger partial charge in [0.05, 0.1) is 19.8 Å². The van der Waals surface area contributed by atoms with E-state index in [0.29, 0.717) is 13.0 Å². The van der Waals surface area contributed by atoms with Crippen molar-refractivity contribution in [2.24, 2.45) is 5.73 Å². The Kier molecular flexibility index (Phi) is 52.1. The molecule has 0 aromatic heterocycles. The Balaban J connectivity index is 3.88. The van der Waals surface area contributed by atoms with Gasteiger partial charge < -0.3 is 20.1 Å². The van der Waals surface area contributed by atoms with E-state index in [1.165, 1.54) is 186 Å². The molecular weight excluding hydrogens is 830 g/mol. The van der Waals surface area contributed by atoms with Crippen molar-refractivity contribution in [3.63, 3.8) is 0 Å². The fraction of sp³-hybridized carbons (Fsp3) is 0.839. The van der Waals surface area contributed by atoms with E-state index in [2.05, 4.69) is 62.5 Å². The minimum Gasteiger partial charge on any atom is -0.457 e. The Morgan fingerprint density at radius 2 is 0.862 bits per heavy atom.